The number of ketones is 1. The van der Waals surface area contributed by atoms with Gasteiger partial charge in [-0.15, -0.1) is 0 Å². The van der Waals surface area contributed by atoms with Crippen LogP contribution in [-0.2, 0) is 4.79 Å². The first kappa shape index (κ1) is 21.2. The van der Waals surface area contributed by atoms with E-state index in [9.17, 15) is 23.6 Å². The topological polar surface area (TPSA) is 80.8 Å². The minimum absolute atomic E-state index is 0.0403. The smallest absolute Gasteiger partial charge is 0.334 e. The van der Waals surface area contributed by atoms with Gasteiger partial charge in [-0.3, -0.25) is 19.3 Å². The van der Waals surface area contributed by atoms with E-state index in [-0.39, 0.29) is 52.5 Å². The molecule has 31 heavy (non-hydrogen) atoms. The molecule has 2 atom stereocenters. The summed E-state index contributed by atoms with van der Waals surface area (Å²) < 4.78 is 19.8. The lowest BCUT2D eigenvalue weighted by atomic mass is 10.0. The summed E-state index contributed by atoms with van der Waals surface area (Å²) in [6.45, 7) is 1.73. The van der Waals surface area contributed by atoms with Gasteiger partial charge in [0.2, 0.25) is 0 Å². The molecule has 8 heteroatoms. The van der Waals surface area contributed by atoms with E-state index in [1.165, 1.54) is 17.8 Å². The van der Waals surface area contributed by atoms with E-state index in [4.69, 9.17) is 4.74 Å². The molecule has 0 aromatic heterocycles. The van der Waals surface area contributed by atoms with E-state index in [0.29, 0.717) is 5.75 Å². The number of thioether (sulfide) groups is 1. The summed E-state index contributed by atoms with van der Waals surface area (Å²) >= 11 is 1.46. The lowest BCUT2D eigenvalue weighted by Crippen LogP contribution is -2.47. The molecule has 2 aromatic carbocycles. The molecule has 1 aliphatic heterocycles. The van der Waals surface area contributed by atoms with Crippen molar-refractivity contribution in [1.82, 2.24) is 4.90 Å². The van der Waals surface area contributed by atoms with E-state index in [1.54, 1.807) is 31.2 Å². The van der Waals surface area contributed by atoms with Crippen LogP contribution in [0.3, 0.4) is 0 Å². The van der Waals surface area contributed by atoms with Crippen LogP contribution in [0.4, 0.5) is 4.39 Å². The molecule has 0 N–H and O–H groups in total. The second-order valence-corrected chi connectivity index (χ2v) is 8.59. The van der Waals surface area contributed by atoms with Crippen LogP contribution in [-0.4, -0.2) is 46.5 Å². The first-order chi connectivity index (χ1) is 14.8. The molecule has 4 rings (SSSR count). The maximum Gasteiger partial charge on any atom is 0.334 e. The Hall–Kier alpha value is -3.00. The second kappa shape index (κ2) is 8.26. The Bertz CT molecular complexity index is 1080. The zero-order valence-corrected chi connectivity index (χ0v) is 17.8. The van der Waals surface area contributed by atoms with Crippen LogP contribution >= 0.6 is 11.8 Å². The lowest BCUT2D eigenvalue weighted by molar-refractivity contribution is -0.138. The predicted molar refractivity (Wildman–Crippen MR) is 113 cm³/mol. The fourth-order valence-corrected chi connectivity index (χ4v) is 4.62. The van der Waals surface area contributed by atoms with Crippen LogP contribution in [0.25, 0.3) is 0 Å². The van der Waals surface area contributed by atoms with Crippen molar-refractivity contribution < 1.29 is 28.3 Å². The van der Waals surface area contributed by atoms with Gasteiger partial charge in [-0.1, -0.05) is 19.1 Å². The summed E-state index contributed by atoms with van der Waals surface area (Å²) in [5.41, 5.74) is 0.769. The van der Waals surface area contributed by atoms with Crippen LogP contribution in [0, 0.1) is 5.82 Å². The van der Waals surface area contributed by atoms with Crippen molar-refractivity contribution in [3.63, 3.8) is 0 Å². The Morgan fingerprint density at radius 3 is 2.42 bits per heavy atom. The minimum atomic E-state index is -1.16. The SMILES string of the molecule is CSCCC(C(=O)Oc1ccc(F)c2c1C(=O)CC2C)N1C(=O)c2ccccc2C1=O. The zero-order valence-electron chi connectivity index (χ0n) is 17.0. The molecular weight excluding hydrogens is 421 g/mol. The van der Waals surface area contributed by atoms with Crippen LogP contribution in [0.2, 0.25) is 0 Å². The largest absolute Gasteiger partial charge is 0.424 e. The normalized spacial score (nSPS) is 18.2. The molecule has 6 nitrogen and oxygen atoms in total. The summed E-state index contributed by atoms with van der Waals surface area (Å²) in [4.78, 5) is 52.2. The molecular formula is C23H20FNO5S. The first-order valence-electron chi connectivity index (χ1n) is 9.88. The quantitative estimate of drug-likeness (QED) is 0.385. The zero-order chi connectivity index (χ0) is 22.3. The Balaban J connectivity index is 1.67. The maximum absolute atomic E-state index is 14.3. The van der Waals surface area contributed by atoms with E-state index in [0.717, 1.165) is 11.0 Å². The molecule has 0 saturated carbocycles. The third-order valence-corrected chi connectivity index (χ3v) is 6.28. The second-order valence-electron chi connectivity index (χ2n) is 7.61. The average Bonchev–Trinajstić information content (AvgIpc) is 3.19. The molecule has 0 bridgehead atoms. The number of rotatable bonds is 6. The van der Waals surface area contributed by atoms with Gasteiger partial charge in [0.15, 0.2) is 5.78 Å². The fourth-order valence-electron chi connectivity index (χ4n) is 4.16. The number of benzene rings is 2. The van der Waals surface area contributed by atoms with Crippen LogP contribution in [0.5, 0.6) is 5.75 Å². The van der Waals surface area contributed by atoms with Crippen molar-refractivity contribution in [1.29, 1.82) is 0 Å². The summed E-state index contributed by atoms with van der Waals surface area (Å²) in [5, 5.41) is 0. The number of imide groups is 1. The monoisotopic (exact) mass is 441 g/mol. The molecule has 2 aliphatic rings. The molecule has 2 aromatic rings. The molecule has 2 amide bonds. The van der Waals surface area contributed by atoms with Crippen molar-refractivity contribution in [2.45, 2.75) is 31.7 Å². The number of carbonyl (C=O) groups excluding carboxylic acids is 4. The van der Waals surface area contributed by atoms with E-state index in [1.807, 2.05) is 6.26 Å². The van der Waals surface area contributed by atoms with Gasteiger partial charge in [0.05, 0.1) is 16.7 Å². The minimum Gasteiger partial charge on any atom is -0.424 e. The number of hydrogen-bond donors (Lipinski definition) is 0. The van der Waals surface area contributed by atoms with Crippen LogP contribution in [0.15, 0.2) is 36.4 Å². The van der Waals surface area contributed by atoms with Gasteiger partial charge in [-0.2, -0.15) is 11.8 Å². The number of fused-ring (bicyclic) bond motifs is 2. The number of Topliss-reactive ketones (excluding diaryl/α,β-unsaturated/α-hetero) is 1. The average molecular weight is 441 g/mol. The van der Waals surface area contributed by atoms with Gasteiger partial charge < -0.3 is 4.74 Å². The molecule has 0 fully saturated rings. The van der Waals surface area contributed by atoms with Crippen molar-refractivity contribution in [3.8, 4) is 5.75 Å². The van der Waals surface area contributed by atoms with Gasteiger partial charge in [0, 0.05) is 12.0 Å². The highest BCUT2D eigenvalue weighted by molar-refractivity contribution is 7.98. The maximum atomic E-state index is 14.3. The van der Waals surface area contributed by atoms with E-state index < -0.39 is 29.6 Å². The number of esters is 1. The van der Waals surface area contributed by atoms with E-state index in [2.05, 4.69) is 0 Å². The number of ether oxygens (including phenoxy) is 1. The van der Waals surface area contributed by atoms with Crippen LogP contribution < -0.4 is 4.74 Å². The number of carbonyl (C=O) groups is 4. The standard InChI is InChI=1S/C23H20FNO5S/c1-12-11-17(26)20-18(8-7-15(24)19(12)20)30-23(29)16(9-10-31-2)25-21(27)13-5-3-4-6-14(13)22(25)28/h3-8,12,16H,9-11H2,1-2H3. The Morgan fingerprint density at radius 1 is 1.16 bits per heavy atom. The summed E-state index contributed by atoms with van der Waals surface area (Å²) in [5.74, 6) is -2.62. The summed E-state index contributed by atoms with van der Waals surface area (Å²) in [6, 6.07) is 7.63. The molecule has 160 valence electrons. The predicted octanol–water partition coefficient (Wildman–Crippen LogP) is 3.84. The van der Waals surface area contributed by atoms with Gasteiger partial charge in [0.1, 0.15) is 17.6 Å². The molecule has 0 saturated heterocycles. The third kappa shape index (κ3) is 3.54. The van der Waals surface area contributed by atoms with Gasteiger partial charge in [0.25, 0.3) is 11.8 Å². The molecule has 1 heterocycles. The van der Waals surface area contributed by atoms with Gasteiger partial charge in [-0.05, 0) is 48.6 Å². The van der Waals surface area contributed by atoms with Gasteiger partial charge >= 0.3 is 5.97 Å². The van der Waals surface area contributed by atoms with Crippen molar-refractivity contribution in [2.24, 2.45) is 0 Å². The molecule has 2 unspecified atom stereocenters. The van der Waals surface area contributed by atoms with E-state index >= 15 is 0 Å². The van der Waals surface area contributed by atoms with Crippen molar-refractivity contribution in [3.05, 3.63) is 64.5 Å². The Labute approximate surface area is 182 Å². The first-order valence-corrected chi connectivity index (χ1v) is 11.3. The highest BCUT2D eigenvalue weighted by Gasteiger charge is 2.43. The summed E-state index contributed by atoms with van der Waals surface area (Å²) in [7, 11) is 0. The number of nitrogens with zero attached hydrogens (tertiary/aromatic N) is 1. The van der Waals surface area contributed by atoms with Crippen LogP contribution in [0.1, 0.15) is 62.3 Å². The molecule has 0 spiro atoms. The number of halogens is 1. The van der Waals surface area contributed by atoms with Crippen molar-refractivity contribution >= 4 is 35.3 Å². The van der Waals surface area contributed by atoms with Gasteiger partial charge in [-0.25, -0.2) is 9.18 Å². The third-order valence-electron chi connectivity index (χ3n) is 5.63. The molecule has 1 aliphatic carbocycles. The molecule has 0 radical (unpaired) electrons. The highest BCUT2D eigenvalue weighted by atomic mass is 32.2. The Morgan fingerprint density at radius 2 is 1.81 bits per heavy atom. The Kier molecular flexibility index (Phi) is 5.66. The number of hydrogen-bond acceptors (Lipinski definition) is 6. The number of amides is 2. The van der Waals surface area contributed by atoms with Crippen molar-refractivity contribution in [2.75, 3.05) is 12.0 Å². The fraction of sp³-hybridized carbons (Fsp3) is 0.304. The lowest BCUT2D eigenvalue weighted by Gasteiger charge is -2.24. The highest BCUT2D eigenvalue weighted by Crippen LogP contribution is 2.40. The summed E-state index contributed by atoms with van der Waals surface area (Å²) in [6.07, 6.45) is 2.17.